The highest BCUT2D eigenvalue weighted by atomic mass is 35.5. The summed E-state index contributed by atoms with van der Waals surface area (Å²) >= 11 is 5.90. The Kier molecular flexibility index (Phi) is 6.33. The van der Waals surface area contributed by atoms with Gasteiger partial charge >= 0.3 is 6.18 Å². The molecule has 4 nitrogen and oxygen atoms in total. The number of rotatable bonds is 6. The third-order valence-electron chi connectivity index (χ3n) is 4.28. The number of hydrogen-bond acceptors (Lipinski definition) is 3. The molecule has 2 atom stereocenters. The molecule has 1 aliphatic carbocycles. The van der Waals surface area contributed by atoms with Gasteiger partial charge in [0.15, 0.2) is 5.69 Å². The summed E-state index contributed by atoms with van der Waals surface area (Å²) in [5.74, 6) is 0.549. The van der Waals surface area contributed by atoms with E-state index in [1.165, 1.54) is 26.3 Å². The van der Waals surface area contributed by atoms with E-state index in [1.54, 1.807) is 0 Å². The summed E-state index contributed by atoms with van der Waals surface area (Å²) in [5.41, 5.74) is -0.952. The Morgan fingerprint density at radius 3 is 2.70 bits per heavy atom. The van der Waals surface area contributed by atoms with Gasteiger partial charge in [0.2, 0.25) is 0 Å². The van der Waals surface area contributed by atoms with E-state index in [-0.39, 0.29) is 23.4 Å². The van der Waals surface area contributed by atoms with Crippen molar-refractivity contribution >= 4 is 11.6 Å². The van der Waals surface area contributed by atoms with Crippen molar-refractivity contribution in [2.24, 2.45) is 13.0 Å². The first-order valence-electron chi connectivity index (χ1n) is 7.91. The lowest BCUT2D eigenvalue weighted by atomic mass is 9.88. The van der Waals surface area contributed by atoms with Crippen LogP contribution in [0.15, 0.2) is 0 Å². The number of nitrogens with one attached hydrogen (secondary N) is 1. The molecule has 0 bridgehead atoms. The molecule has 8 heteroatoms. The van der Waals surface area contributed by atoms with Crippen molar-refractivity contribution in [3.63, 3.8) is 0 Å². The summed E-state index contributed by atoms with van der Waals surface area (Å²) in [7, 11) is 1.40. The quantitative estimate of drug-likeness (QED) is 0.791. The average Bonchev–Trinajstić information content (AvgIpc) is 2.77. The van der Waals surface area contributed by atoms with Crippen LogP contribution < -0.4 is 5.32 Å². The molecule has 2 rings (SSSR count). The summed E-state index contributed by atoms with van der Waals surface area (Å²) in [6.07, 6.45) is 0.433. The fourth-order valence-electron chi connectivity index (χ4n) is 2.96. The van der Waals surface area contributed by atoms with Crippen molar-refractivity contribution < 1.29 is 17.9 Å². The van der Waals surface area contributed by atoms with Crippen LogP contribution in [0.1, 0.15) is 43.9 Å². The Labute approximate surface area is 139 Å². The van der Waals surface area contributed by atoms with Gasteiger partial charge in [0.1, 0.15) is 5.15 Å². The molecule has 0 saturated heterocycles. The van der Waals surface area contributed by atoms with Gasteiger partial charge in [0.05, 0.1) is 12.7 Å². The van der Waals surface area contributed by atoms with Crippen LogP contribution in [-0.4, -0.2) is 29.0 Å². The Bertz CT molecular complexity index is 519. The number of ether oxygens (including phenoxy) is 1. The van der Waals surface area contributed by atoms with Crippen molar-refractivity contribution in [3.8, 4) is 0 Å². The molecule has 1 heterocycles. The highest BCUT2D eigenvalue weighted by Crippen LogP contribution is 2.34. The molecule has 23 heavy (non-hydrogen) atoms. The molecule has 1 fully saturated rings. The molecule has 1 aromatic rings. The van der Waals surface area contributed by atoms with Crippen LogP contribution >= 0.6 is 11.6 Å². The van der Waals surface area contributed by atoms with Crippen LogP contribution in [0.5, 0.6) is 0 Å². The monoisotopic (exact) mass is 353 g/mol. The number of nitrogens with zero attached hydrogens (tertiary/aromatic N) is 2. The minimum Gasteiger partial charge on any atom is -0.377 e. The maximum Gasteiger partial charge on any atom is 0.435 e. The molecule has 0 aromatic carbocycles. The highest BCUT2D eigenvalue weighted by molar-refractivity contribution is 6.30. The van der Waals surface area contributed by atoms with Gasteiger partial charge in [-0.05, 0) is 18.8 Å². The maximum absolute atomic E-state index is 12.9. The van der Waals surface area contributed by atoms with Crippen LogP contribution in [0.3, 0.4) is 0 Å². The van der Waals surface area contributed by atoms with E-state index in [9.17, 15) is 13.2 Å². The van der Waals surface area contributed by atoms with Gasteiger partial charge in [0.25, 0.3) is 0 Å². The standard InChI is InChI=1S/C15H23ClF3N3O/c1-10-5-3-4-6-12(10)23-8-7-20-9-11-13(15(17,18)19)21-22(2)14(11)16/h10,12,20H,3-9H2,1-2H3/t10-,12+/m1/s1. The maximum atomic E-state index is 12.9. The first-order chi connectivity index (χ1) is 10.8. The fraction of sp³-hybridized carbons (Fsp3) is 0.800. The molecule has 0 radical (unpaired) electrons. The second-order valence-electron chi connectivity index (χ2n) is 6.09. The van der Waals surface area contributed by atoms with Gasteiger partial charge in [0, 0.05) is 25.7 Å². The van der Waals surface area contributed by atoms with Crippen LogP contribution in [0.4, 0.5) is 13.2 Å². The molecule has 1 saturated carbocycles. The minimum atomic E-state index is -4.50. The van der Waals surface area contributed by atoms with Gasteiger partial charge in [-0.1, -0.05) is 31.4 Å². The summed E-state index contributed by atoms with van der Waals surface area (Å²) < 4.78 is 45.6. The number of hydrogen-bond donors (Lipinski definition) is 1. The minimum absolute atomic E-state index is 0.00615. The van der Waals surface area contributed by atoms with Crippen LogP contribution in [0, 0.1) is 5.92 Å². The molecule has 132 valence electrons. The number of alkyl halides is 3. The lowest BCUT2D eigenvalue weighted by Crippen LogP contribution is -2.29. The zero-order valence-electron chi connectivity index (χ0n) is 13.4. The smallest absolute Gasteiger partial charge is 0.377 e. The highest BCUT2D eigenvalue weighted by Gasteiger charge is 2.38. The van der Waals surface area contributed by atoms with Crippen LogP contribution in [0.2, 0.25) is 5.15 Å². The molecular weight excluding hydrogens is 331 g/mol. The van der Waals surface area contributed by atoms with Crippen LogP contribution in [0.25, 0.3) is 0 Å². The van der Waals surface area contributed by atoms with Crippen molar-refractivity contribution in [1.82, 2.24) is 15.1 Å². The predicted octanol–water partition coefficient (Wildman–Crippen LogP) is 3.78. The first-order valence-corrected chi connectivity index (χ1v) is 8.29. The molecule has 1 aromatic heterocycles. The van der Waals surface area contributed by atoms with Crippen LogP contribution in [-0.2, 0) is 24.5 Å². The lowest BCUT2D eigenvalue weighted by Gasteiger charge is -2.28. The summed E-state index contributed by atoms with van der Waals surface area (Å²) in [4.78, 5) is 0. The third-order valence-corrected chi connectivity index (χ3v) is 4.76. The van der Waals surface area contributed by atoms with E-state index in [1.807, 2.05) is 0 Å². The van der Waals surface area contributed by atoms with Crippen molar-refractivity contribution in [3.05, 3.63) is 16.4 Å². The van der Waals surface area contributed by atoms with Crippen molar-refractivity contribution in [1.29, 1.82) is 0 Å². The summed E-state index contributed by atoms with van der Waals surface area (Å²) in [5, 5.41) is 6.42. The van der Waals surface area contributed by atoms with E-state index in [4.69, 9.17) is 16.3 Å². The second kappa shape index (κ2) is 7.85. The zero-order chi connectivity index (χ0) is 17.0. The lowest BCUT2D eigenvalue weighted by molar-refractivity contribution is -0.142. The number of aryl methyl sites for hydroxylation is 1. The second-order valence-corrected chi connectivity index (χ2v) is 6.45. The summed E-state index contributed by atoms with van der Waals surface area (Å²) in [6.45, 7) is 3.16. The summed E-state index contributed by atoms with van der Waals surface area (Å²) in [6, 6.07) is 0. The molecule has 0 aliphatic heterocycles. The van der Waals surface area contributed by atoms with Gasteiger partial charge in [-0.2, -0.15) is 18.3 Å². The van der Waals surface area contributed by atoms with E-state index < -0.39 is 11.9 Å². The van der Waals surface area contributed by atoms with Crippen molar-refractivity contribution in [2.45, 2.75) is 51.4 Å². The van der Waals surface area contributed by atoms with Gasteiger partial charge < -0.3 is 10.1 Å². The number of aromatic nitrogens is 2. The third kappa shape index (κ3) is 4.84. The van der Waals surface area contributed by atoms with E-state index >= 15 is 0 Å². The molecule has 1 aliphatic rings. The zero-order valence-corrected chi connectivity index (χ0v) is 14.2. The SMILES string of the molecule is C[C@@H]1CCCC[C@@H]1OCCNCc1c(C(F)(F)F)nn(C)c1Cl. The molecular formula is C15H23ClF3N3O. The Morgan fingerprint density at radius 2 is 2.04 bits per heavy atom. The van der Waals surface area contributed by atoms with Crippen molar-refractivity contribution in [2.75, 3.05) is 13.2 Å². The average molecular weight is 354 g/mol. The molecule has 0 spiro atoms. The molecule has 0 unspecified atom stereocenters. The van der Waals surface area contributed by atoms with E-state index in [0.717, 1.165) is 11.1 Å². The normalized spacial score (nSPS) is 22.5. The topological polar surface area (TPSA) is 39.1 Å². The Hall–Kier alpha value is -0.790. The molecule has 1 N–H and O–H groups in total. The van der Waals surface area contributed by atoms with Gasteiger partial charge in [-0.15, -0.1) is 0 Å². The van der Waals surface area contributed by atoms with E-state index in [2.05, 4.69) is 17.3 Å². The Balaban J connectivity index is 1.80. The Morgan fingerprint density at radius 1 is 1.35 bits per heavy atom. The fourth-order valence-corrected chi connectivity index (χ4v) is 3.15. The van der Waals surface area contributed by atoms with E-state index in [0.29, 0.717) is 19.1 Å². The van der Waals surface area contributed by atoms with Gasteiger partial charge in [-0.3, -0.25) is 4.68 Å². The largest absolute Gasteiger partial charge is 0.435 e. The predicted molar refractivity (Wildman–Crippen MR) is 82.3 cm³/mol. The molecule has 0 amide bonds. The first kappa shape index (κ1) is 18.5. The number of halogens is 4. The van der Waals surface area contributed by atoms with Gasteiger partial charge in [-0.25, -0.2) is 0 Å².